The lowest BCUT2D eigenvalue weighted by atomic mass is 9.89. The number of hydrogen-bond donors (Lipinski definition) is 1. The lowest BCUT2D eigenvalue weighted by molar-refractivity contribution is 0.177. The third-order valence-corrected chi connectivity index (χ3v) is 3.44. The van der Waals surface area contributed by atoms with Crippen molar-refractivity contribution in [3.63, 3.8) is 0 Å². The summed E-state index contributed by atoms with van der Waals surface area (Å²) in [5.41, 5.74) is 2.21. The summed E-state index contributed by atoms with van der Waals surface area (Å²) in [5, 5.41) is 3.46. The standard InChI is InChI=1S/C14H20FNO/c1-3-16-14(11-6-7-17-9-11)13-8-12(15)5-4-10(13)2/h4-5,8,11,14,16H,3,6-7,9H2,1-2H3. The molecule has 3 heteroatoms. The molecule has 0 saturated carbocycles. The summed E-state index contributed by atoms with van der Waals surface area (Å²) in [7, 11) is 0. The number of ether oxygens (including phenoxy) is 1. The number of aryl methyl sites for hydroxylation is 1. The molecule has 0 aromatic heterocycles. The van der Waals surface area contributed by atoms with Crippen molar-refractivity contribution >= 4 is 0 Å². The van der Waals surface area contributed by atoms with Gasteiger partial charge in [0, 0.05) is 18.6 Å². The van der Waals surface area contributed by atoms with Crippen molar-refractivity contribution in [3.8, 4) is 0 Å². The molecule has 17 heavy (non-hydrogen) atoms. The molecule has 1 aromatic rings. The number of benzene rings is 1. The average molecular weight is 237 g/mol. The fraction of sp³-hybridized carbons (Fsp3) is 0.571. The molecule has 1 saturated heterocycles. The van der Waals surface area contributed by atoms with Crippen LogP contribution in [0.3, 0.4) is 0 Å². The van der Waals surface area contributed by atoms with Crippen molar-refractivity contribution in [1.82, 2.24) is 5.32 Å². The Kier molecular flexibility index (Phi) is 4.13. The van der Waals surface area contributed by atoms with E-state index in [1.54, 1.807) is 6.07 Å². The Balaban J connectivity index is 2.27. The number of nitrogens with one attached hydrogen (secondary N) is 1. The van der Waals surface area contributed by atoms with Crippen LogP contribution < -0.4 is 5.32 Å². The highest BCUT2D eigenvalue weighted by Gasteiger charge is 2.27. The van der Waals surface area contributed by atoms with Crippen LogP contribution in [0.15, 0.2) is 18.2 Å². The smallest absolute Gasteiger partial charge is 0.123 e. The quantitative estimate of drug-likeness (QED) is 0.869. The van der Waals surface area contributed by atoms with Gasteiger partial charge in [-0.15, -0.1) is 0 Å². The molecular weight excluding hydrogens is 217 g/mol. The predicted molar refractivity (Wildman–Crippen MR) is 66.5 cm³/mol. The highest BCUT2D eigenvalue weighted by Crippen LogP contribution is 2.30. The van der Waals surface area contributed by atoms with E-state index in [0.29, 0.717) is 5.92 Å². The monoisotopic (exact) mass is 237 g/mol. The minimum atomic E-state index is -0.160. The second kappa shape index (κ2) is 5.61. The lowest BCUT2D eigenvalue weighted by Crippen LogP contribution is -2.29. The van der Waals surface area contributed by atoms with Crippen LogP contribution >= 0.6 is 0 Å². The Morgan fingerprint density at radius 1 is 1.53 bits per heavy atom. The molecule has 0 amide bonds. The average Bonchev–Trinajstić information content (AvgIpc) is 2.83. The number of rotatable bonds is 4. The van der Waals surface area contributed by atoms with Crippen molar-refractivity contribution in [2.24, 2.45) is 5.92 Å². The zero-order valence-electron chi connectivity index (χ0n) is 10.5. The summed E-state index contributed by atoms with van der Waals surface area (Å²) in [6, 6.07) is 5.23. The highest BCUT2D eigenvalue weighted by atomic mass is 19.1. The maximum atomic E-state index is 13.4. The fourth-order valence-corrected chi connectivity index (χ4v) is 2.51. The summed E-state index contributed by atoms with van der Waals surface area (Å²) < 4.78 is 18.8. The van der Waals surface area contributed by atoms with Crippen molar-refractivity contribution < 1.29 is 9.13 Å². The van der Waals surface area contributed by atoms with Gasteiger partial charge in [-0.3, -0.25) is 0 Å². The van der Waals surface area contributed by atoms with Gasteiger partial charge in [-0.2, -0.15) is 0 Å². The highest BCUT2D eigenvalue weighted by molar-refractivity contribution is 5.30. The first-order chi connectivity index (χ1) is 8.22. The van der Waals surface area contributed by atoms with Gasteiger partial charge < -0.3 is 10.1 Å². The van der Waals surface area contributed by atoms with E-state index < -0.39 is 0 Å². The van der Waals surface area contributed by atoms with Crippen LogP contribution in [-0.4, -0.2) is 19.8 Å². The van der Waals surface area contributed by atoms with Crippen LogP contribution in [0.5, 0.6) is 0 Å². The first-order valence-electron chi connectivity index (χ1n) is 6.29. The molecule has 1 fully saturated rings. The van der Waals surface area contributed by atoms with Gasteiger partial charge in [-0.05, 0) is 43.1 Å². The molecule has 2 unspecified atom stereocenters. The molecule has 2 atom stereocenters. The summed E-state index contributed by atoms with van der Waals surface area (Å²) in [5.74, 6) is 0.294. The summed E-state index contributed by atoms with van der Waals surface area (Å²) in [6.45, 7) is 6.60. The Hall–Kier alpha value is -0.930. The van der Waals surface area contributed by atoms with Gasteiger partial charge in [-0.1, -0.05) is 13.0 Å². The zero-order chi connectivity index (χ0) is 12.3. The summed E-state index contributed by atoms with van der Waals surface area (Å²) in [4.78, 5) is 0. The second-order valence-electron chi connectivity index (χ2n) is 4.66. The number of halogens is 1. The van der Waals surface area contributed by atoms with Crippen LogP contribution in [0.1, 0.15) is 30.5 Å². The van der Waals surface area contributed by atoms with Crippen LogP contribution in [0.25, 0.3) is 0 Å². The SMILES string of the molecule is CCNC(c1cc(F)ccc1C)C1CCOC1. The molecule has 0 radical (unpaired) electrons. The van der Waals surface area contributed by atoms with Crippen LogP contribution in [-0.2, 0) is 4.74 Å². The van der Waals surface area contributed by atoms with E-state index in [2.05, 4.69) is 12.2 Å². The van der Waals surface area contributed by atoms with Gasteiger partial charge in [0.15, 0.2) is 0 Å². The first-order valence-corrected chi connectivity index (χ1v) is 6.29. The first kappa shape index (κ1) is 12.5. The number of hydrogen-bond acceptors (Lipinski definition) is 2. The minimum absolute atomic E-state index is 0.160. The van der Waals surface area contributed by atoms with E-state index in [-0.39, 0.29) is 11.9 Å². The fourth-order valence-electron chi connectivity index (χ4n) is 2.51. The van der Waals surface area contributed by atoms with Crippen LogP contribution in [0.2, 0.25) is 0 Å². The van der Waals surface area contributed by atoms with E-state index in [1.807, 2.05) is 13.0 Å². The molecule has 0 bridgehead atoms. The lowest BCUT2D eigenvalue weighted by Gasteiger charge is -2.25. The molecule has 1 N–H and O–H groups in total. The van der Waals surface area contributed by atoms with Gasteiger partial charge >= 0.3 is 0 Å². The molecule has 0 spiro atoms. The molecule has 0 aliphatic carbocycles. The van der Waals surface area contributed by atoms with Gasteiger partial charge in [0.2, 0.25) is 0 Å². The van der Waals surface area contributed by atoms with E-state index in [1.165, 1.54) is 6.07 Å². The topological polar surface area (TPSA) is 21.3 Å². The second-order valence-corrected chi connectivity index (χ2v) is 4.66. The maximum Gasteiger partial charge on any atom is 0.123 e. The van der Waals surface area contributed by atoms with Gasteiger partial charge in [0.25, 0.3) is 0 Å². The van der Waals surface area contributed by atoms with Crippen molar-refractivity contribution in [3.05, 3.63) is 35.1 Å². The Bertz CT molecular complexity index is 374. The molecule has 2 rings (SSSR count). The molecule has 1 aromatic carbocycles. The van der Waals surface area contributed by atoms with E-state index >= 15 is 0 Å². The van der Waals surface area contributed by atoms with Crippen molar-refractivity contribution in [1.29, 1.82) is 0 Å². The maximum absolute atomic E-state index is 13.4. The van der Waals surface area contributed by atoms with E-state index in [9.17, 15) is 4.39 Å². The summed E-state index contributed by atoms with van der Waals surface area (Å²) in [6.07, 6.45) is 1.05. The Morgan fingerprint density at radius 3 is 3.00 bits per heavy atom. The molecule has 1 aliphatic heterocycles. The van der Waals surface area contributed by atoms with Gasteiger partial charge in [0.1, 0.15) is 5.82 Å². The normalized spacial score (nSPS) is 21.7. The van der Waals surface area contributed by atoms with Gasteiger partial charge in [0.05, 0.1) is 6.61 Å². The zero-order valence-corrected chi connectivity index (χ0v) is 10.5. The third kappa shape index (κ3) is 2.85. The molecule has 94 valence electrons. The Morgan fingerprint density at radius 2 is 2.35 bits per heavy atom. The third-order valence-electron chi connectivity index (χ3n) is 3.44. The van der Waals surface area contributed by atoms with Gasteiger partial charge in [-0.25, -0.2) is 4.39 Å². The minimum Gasteiger partial charge on any atom is -0.381 e. The van der Waals surface area contributed by atoms with Crippen LogP contribution in [0, 0.1) is 18.7 Å². The molecular formula is C14H20FNO. The molecule has 2 nitrogen and oxygen atoms in total. The Labute approximate surface area is 102 Å². The van der Waals surface area contributed by atoms with Crippen molar-refractivity contribution in [2.75, 3.05) is 19.8 Å². The predicted octanol–water partition coefficient (Wildman–Crippen LogP) is 2.82. The van der Waals surface area contributed by atoms with Crippen molar-refractivity contribution in [2.45, 2.75) is 26.3 Å². The van der Waals surface area contributed by atoms with E-state index in [4.69, 9.17) is 4.74 Å². The molecule has 1 heterocycles. The summed E-state index contributed by atoms with van der Waals surface area (Å²) >= 11 is 0. The van der Waals surface area contributed by atoms with Crippen LogP contribution in [0.4, 0.5) is 4.39 Å². The van der Waals surface area contributed by atoms with E-state index in [0.717, 1.165) is 37.3 Å². The molecule has 1 aliphatic rings. The largest absolute Gasteiger partial charge is 0.381 e.